The number of urea groups is 1. The molecule has 6 nitrogen and oxygen atoms in total. The zero-order valence-corrected chi connectivity index (χ0v) is 11.6. The van der Waals surface area contributed by atoms with E-state index < -0.39 is 0 Å². The normalized spacial score (nSPS) is 18.4. The van der Waals surface area contributed by atoms with Gasteiger partial charge >= 0.3 is 6.03 Å². The van der Waals surface area contributed by atoms with Crippen molar-refractivity contribution in [2.45, 2.75) is 12.8 Å². The highest BCUT2D eigenvalue weighted by molar-refractivity contribution is 5.91. The van der Waals surface area contributed by atoms with Gasteiger partial charge in [0.15, 0.2) is 0 Å². The maximum absolute atomic E-state index is 12.3. The van der Waals surface area contributed by atoms with E-state index in [0.29, 0.717) is 24.5 Å². The first-order chi connectivity index (χ1) is 9.61. The molecular weight excluding hydrogens is 256 g/mol. The maximum Gasteiger partial charge on any atom is 0.321 e. The molecule has 1 aromatic carbocycles. The first-order valence-corrected chi connectivity index (χ1v) is 6.64. The average molecular weight is 276 g/mol. The lowest BCUT2D eigenvalue weighted by Crippen LogP contribution is -2.45. The Morgan fingerprint density at radius 1 is 1.50 bits per heavy atom. The predicted molar refractivity (Wildman–Crippen MR) is 78.2 cm³/mol. The van der Waals surface area contributed by atoms with E-state index >= 15 is 0 Å². The molecule has 0 aliphatic carbocycles. The molecule has 6 heteroatoms. The topological polar surface area (TPSA) is 91.4 Å². The van der Waals surface area contributed by atoms with Gasteiger partial charge in [-0.2, -0.15) is 0 Å². The van der Waals surface area contributed by atoms with Gasteiger partial charge in [-0.25, -0.2) is 4.79 Å². The van der Waals surface area contributed by atoms with Crippen molar-refractivity contribution in [2.75, 3.05) is 25.5 Å². The van der Waals surface area contributed by atoms with Crippen molar-refractivity contribution in [3.8, 4) is 5.75 Å². The van der Waals surface area contributed by atoms with E-state index in [9.17, 15) is 4.79 Å². The number of hydrogen-bond acceptors (Lipinski definition) is 3. The SMILES string of the molecule is COc1ccccc1NC(=O)N1CCCC(C(=N)N)C1. The number of methoxy groups -OCH3 is 1. The molecule has 1 aliphatic heterocycles. The molecule has 0 spiro atoms. The first kappa shape index (κ1) is 14.2. The second kappa shape index (κ2) is 6.27. The molecule has 0 saturated carbocycles. The molecular formula is C14H20N4O2. The van der Waals surface area contributed by atoms with Crippen LogP contribution in [-0.2, 0) is 0 Å². The summed E-state index contributed by atoms with van der Waals surface area (Å²) in [5.41, 5.74) is 6.18. The Labute approximate surface area is 118 Å². The number of anilines is 1. The molecule has 2 rings (SSSR count). The minimum Gasteiger partial charge on any atom is -0.495 e. The number of likely N-dealkylation sites (tertiary alicyclic amines) is 1. The summed E-state index contributed by atoms with van der Waals surface area (Å²) in [5, 5.41) is 10.3. The molecule has 1 saturated heterocycles. The molecule has 1 aromatic rings. The number of nitrogens with one attached hydrogen (secondary N) is 2. The highest BCUT2D eigenvalue weighted by atomic mass is 16.5. The van der Waals surface area contributed by atoms with Crippen LogP contribution in [0.25, 0.3) is 0 Å². The number of carbonyl (C=O) groups is 1. The molecule has 108 valence electrons. The fourth-order valence-electron chi connectivity index (χ4n) is 2.36. The Kier molecular flexibility index (Phi) is 4.45. The van der Waals surface area contributed by atoms with Gasteiger partial charge in [-0.3, -0.25) is 5.41 Å². The minimum atomic E-state index is -0.180. The quantitative estimate of drug-likeness (QED) is 0.581. The second-order valence-corrected chi connectivity index (χ2v) is 4.87. The molecule has 4 N–H and O–H groups in total. The molecule has 1 atom stereocenters. The number of nitrogens with two attached hydrogens (primary N) is 1. The Morgan fingerprint density at radius 3 is 2.95 bits per heavy atom. The lowest BCUT2D eigenvalue weighted by Gasteiger charge is -2.32. The number of benzene rings is 1. The summed E-state index contributed by atoms with van der Waals surface area (Å²) < 4.78 is 5.21. The van der Waals surface area contributed by atoms with Crippen LogP contribution in [0.4, 0.5) is 10.5 Å². The van der Waals surface area contributed by atoms with Gasteiger partial charge in [0.2, 0.25) is 0 Å². The van der Waals surface area contributed by atoms with E-state index in [0.717, 1.165) is 12.8 Å². The van der Waals surface area contributed by atoms with Crippen LogP contribution in [0.5, 0.6) is 5.75 Å². The Hall–Kier alpha value is -2.24. The Morgan fingerprint density at radius 2 is 2.25 bits per heavy atom. The van der Waals surface area contributed by atoms with E-state index in [1.807, 2.05) is 12.1 Å². The third kappa shape index (κ3) is 3.20. The van der Waals surface area contributed by atoms with Crippen molar-refractivity contribution in [2.24, 2.45) is 11.7 Å². The van der Waals surface area contributed by atoms with Crippen molar-refractivity contribution in [3.05, 3.63) is 24.3 Å². The largest absolute Gasteiger partial charge is 0.495 e. The monoisotopic (exact) mass is 276 g/mol. The highest BCUT2D eigenvalue weighted by Gasteiger charge is 2.25. The lowest BCUT2D eigenvalue weighted by molar-refractivity contribution is 0.191. The summed E-state index contributed by atoms with van der Waals surface area (Å²) in [6.07, 6.45) is 1.73. The molecule has 1 fully saturated rings. The van der Waals surface area contributed by atoms with Gasteiger partial charge in [-0.15, -0.1) is 0 Å². The van der Waals surface area contributed by atoms with E-state index in [4.69, 9.17) is 15.9 Å². The highest BCUT2D eigenvalue weighted by Crippen LogP contribution is 2.24. The summed E-state index contributed by atoms with van der Waals surface area (Å²) >= 11 is 0. The summed E-state index contributed by atoms with van der Waals surface area (Å²) in [7, 11) is 1.57. The third-order valence-corrected chi connectivity index (χ3v) is 3.50. The summed E-state index contributed by atoms with van der Waals surface area (Å²) in [4.78, 5) is 13.9. The van der Waals surface area contributed by atoms with Gasteiger partial charge in [-0.05, 0) is 25.0 Å². The molecule has 0 radical (unpaired) electrons. The third-order valence-electron chi connectivity index (χ3n) is 3.50. The zero-order valence-electron chi connectivity index (χ0n) is 11.6. The molecule has 0 aromatic heterocycles. The van der Waals surface area contributed by atoms with Crippen LogP contribution in [0.1, 0.15) is 12.8 Å². The number of hydrogen-bond donors (Lipinski definition) is 3. The van der Waals surface area contributed by atoms with Gasteiger partial charge in [-0.1, -0.05) is 12.1 Å². The summed E-state index contributed by atoms with van der Waals surface area (Å²) in [5.74, 6) is 0.743. The van der Waals surface area contributed by atoms with Gasteiger partial charge in [0.25, 0.3) is 0 Å². The van der Waals surface area contributed by atoms with Crippen LogP contribution in [0.2, 0.25) is 0 Å². The number of nitrogens with zero attached hydrogens (tertiary/aromatic N) is 1. The van der Waals surface area contributed by atoms with Crippen LogP contribution >= 0.6 is 0 Å². The van der Waals surface area contributed by atoms with Crippen molar-refractivity contribution >= 4 is 17.6 Å². The average Bonchev–Trinajstić information content (AvgIpc) is 2.48. The van der Waals surface area contributed by atoms with Crippen molar-refractivity contribution < 1.29 is 9.53 Å². The Balaban J connectivity index is 2.02. The number of piperidine rings is 1. The van der Waals surface area contributed by atoms with Crippen molar-refractivity contribution in [1.82, 2.24) is 4.90 Å². The van der Waals surface area contributed by atoms with Crippen LogP contribution in [0, 0.1) is 11.3 Å². The van der Waals surface area contributed by atoms with Crippen LogP contribution in [0.3, 0.4) is 0 Å². The molecule has 1 aliphatic rings. The first-order valence-electron chi connectivity index (χ1n) is 6.64. The standard InChI is InChI=1S/C14H20N4O2/c1-20-12-7-3-2-6-11(12)17-14(19)18-8-4-5-10(9-18)13(15)16/h2-3,6-7,10H,4-5,8-9H2,1H3,(H3,15,16)(H,17,19). The van der Waals surface area contributed by atoms with Gasteiger partial charge < -0.3 is 20.7 Å². The molecule has 1 heterocycles. The zero-order chi connectivity index (χ0) is 14.5. The fourth-order valence-corrected chi connectivity index (χ4v) is 2.36. The lowest BCUT2D eigenvalue weighted by atomic mass is 9.97. The summed E-state index contributed by atoms with van der Waals surface area (Å²) in [6.45, 7) is 1.18. The fraction of sp³-hybridized carbons (Fsp3) is 0.429. The van der Waals surface area contributed by atoms with E-state index in [2.05, 4.69) is 5.32 Å². The number of amidine groups is 1. The van der Waals surface area contributed by atoms with Crippen molar-refractivity contribution in [3.63, 3.8) is 0 Å². The van der Waals surface area contributed by atoms with E-state index in [1.165, 1.54) is 0 Å². The number of carbonyl (C=O) groups excluding carboxylic acids is 1. The summed E-state index contributed by atoms with van der Waals surface area (Å²) in [6, 6.07) is 7.10. The molecule has 2 amide bonds. The molecule has 1 unspecified atom stereocenters. The molecule has 20 heavy (non-hydrogen) atoms. The van der Waals surface area contributed by atoms with E-state index in [-0.39, 0.29) is 17.8 Å². The smallest absolute Gasteiger partial charge is 0.321 e. The molecule has 0 bridgehead atoms. The van der Waals surface area contributed by atoms with Crippen LogP contribution < -0.4 is 15.8 Å². The van der Waals surface area contributed by atoms with Gasteiger partial charge in [0, 0.05) is 19.0 Å². The second-order valence-electron chi connectivity index (χ2n) is 4.87. The minimum absolute atomic E-state index is 0.0350. The van der Waals surface area contributed by atoms with Crippen molar-refractivity contribution in [1.29, 1.82) is 5.41 Å². The van der Waals surface area contributed by atoms with E-state index in [1.54, 1.807) is 24.1 Å². The predicted octanol–water partition coefficient (Wildman–Crippen LogP) is 1.88. The number of amides is 2. The van der Waals surface area contributed by atoms with Gasteiger partial charge in [0.05, 0.1) is 18.6 Å². The number of rotatable bonds is 3. The van der Waals surface area contributed by atoms with Gasteiger partial charge in [0.1, 0.15) is 5.75 Å². The van der Waals surface area contributed by atoms with Crippen LogP contribution in [-0.4, -0.2) is 37.0 Å². The number of ether oxygens (including phenoxy) is 1. The maximum atomic E-state index is 12.3. The van der Waals surface area contributed by atoms with Crippen LogP contribution in [0.15, 0.2) is 24.3 Å². The Bertz CT molecular complexity index is 504. The number of para-hydroxylation sites is 2.